The Bertz CT molecular complexity index is 808. The topological polar surface area (TPSA) is 100 Å². The van der Waals surface area contributed by atoms with Crippen molar-refractivity contribution in [3.8, 4) is 0 Å². The highest BCUT2D eigenvalue weighted by atomic mass is 16.4. The lowest BCUT2D eigenvalue weighted by molar-refractivity contribution is 0.0695. The molecule has 0 saturated carbocycles. The van der Waals surface area contributed by atoms with Crippen LogP contribution in [-0.4, -0.2) is 51.8 Å². The zero-order valence-electron chi connectivity index (χ0n) is 11.8. The molecule has 0 atom stereocenters. The van der Waals surface area contributed by atoms with Gasteiger partial charge in [-0.3, -0.25) is 4.79 Å². The molecule has 1 aliphatic rings. The lowest BCUT2D eigenvalue weighted by atomic mass is 10.2. The van der Waals surface area contributed by atoms with Gasteiger partial charge >= 0.3 is 5.97 Å². The minimum Gasteiger partial charge on any atom is -0.477 e. The number of hydrogen-bond acceptors (Lipinski definition) is 6. The number of carboxylic acid groups (broad SMARTS) is 1. The van der Waals surface area contributed by atoms with Gasteiger partial charge in [0.15, 0.2) is 5.65 Å². The number of fused-ring (bicyclic) bond motifs is 1. The van der Waals surface area contributed by atoms with Crippen LogP contribution in [0.25, 0.3) is 17.2 Å². The number of hydrogen-bond donors (Lipinski definition) is 2. The smallest absolute Gasteiger partial charge is 0.341 e. The first-order valence-corrected chi connectivity index (χ1v) is 6.85. The summed E-state index contributed by atoms with van der Waals surface area (Å²) in [6.07, 6.45) is 4.03. The van der Waals surface area contributed by atoms with Gasteiger partial charge < -0.3 is 19.9 Å². The fourth-order valence-corrected chi connectivity index (χ4v) is 2.43. The zero-order valence-corrected chi connectivity index (χ0v) is 11.8. The molecule has 0 aromatic carbocycles. The molecule has 0 radical (unpaired) electrons. The van der Waals surface area contributed by atoms with Crippen LogP contribution in [0.3, 0.4) is 0 Å². The summed E-state index contributed by atoms with van der Waals surface area (Å²) in [6.45, 7) is 6.87. The maximum absolute atomic E-state index is 12.2. The minimum absolute atomic E-state index is 0.165. The molecule has 2 aromatic heterocycles. The first-order valence-electron chi connectivity index (χ1n) is 6.85. The van der Waals surface area contributed by atoms with E-state index in [0.717, 1.165) is 26.2 Å². The number of pyridine rings is 1. The highest BCUT2D eigenvalue weighted by Crippen LogP contribution is 2.14. The fourth-order valence-electron chi connectivity index (χ4n) is 2.43. The van der Waals surface area contributed by atoms with Crippen LogP contribution in [0.5, 0.6) is 0 Å². The van der Waals surface area contributed by atoms with E-state index in [2.05, 4.69) is 21.9 Å². The second kappa shape index (κ2) is 5.57. The van der Waals surface area contributed by atoms with Gasteiger partial charge in [-0.15, -0.1) is 0 Å². The third-order valence-corrected chi connectivity index (χ3v) is 3.58. The molecule has 0 aliphatic carbocycles. The molecule has 1 saturated heterocycles. The van der Waals surface area contributed by atoms with E-state index in [1.807, 2.05) is 4.90 Å². The van der Waals surface area contributed by atoms with Crippen molar-refractivity contribution in [3.05, 3.63) is 34.8 Å². The van der Waals surface area contributed by atoms with E-state index in [-0.39, 0.29) is 10.9 Å². The largest absolute Gasteiger partial charge is 0.477 e. The Kier molecular flexibility index (Phi) is 3.60. The van der Waals surface area contributed by atoms with Gasteiger partial charge in [0.25, 0.3) is 0 Å². The number of rotatable bonds is 3. The Balaban J connectivity index is 2.19. The molecule has 3 rings (SSSR count). The Labute approximate surface area is 125 Å². The summed E-state index contributed by atoms with van der Waals surface area (Å²) in [6, 6.07) is 0. The van der Waals surface area contributed by atoms with Crippen molar-refractivity contribution in [3.63, 3.8) is 0 Å². The molecule has 1 fully saturated rings. The predicted molar refractivity (Wildman–Crippen MR) is 82.2 cm³/mol. The monoisotopic (exact) mass is 301 g/mol. The number of carboxylic acids is 1. The molecule has 0 spiro atoms. The van der Waals surface area contributed by atoms with Gasteiger partial charge in [0.05, 0.1) is 5.39 Å². The zero-order chi connectivity index (χ0) is 15.7. The van der Waals surface area contributed by atoms with Crippen LogP contribution in [0.2, 0.25) is 0 Å². The van der Waals surface area contributed by atoms with E-state index in [4.69, 9.17) is 5.11 Å². The van der Waals surface area contributed by atoms with Gasteiger partial charge in [0.1, 0.15) is 5.56 Å². The molecule has 8 nitrogen and oxygen atoms in total. The number of nitrogens with one attached hydrogen (secondary N) is 1. The maximum Gasteiger partial charge on any atom is 0.341 e. The summed E-state index contributed by atoms with van der Waals surface area (Å²) >= 11 is 0. The number of piperazine rings is 1. The number of aromatic nitrogens is 3. The molecule has 3 heterocycles. The molecule has 0 bridgehead atoms. The van der Waals surface area contributed by atoms with Crippen LogP contribution in [0.15, 0.2) is 23.8 Å². The molecular weight excluding hydrogens is 286 g/mol. The van der Waals surface area contributed by atoms with Crippen molar-refractivity contribution < 1.29 is 9.90 Å². The van der Waals surface area contributed by atoms with Crippen LogP contribution in [-0.2, 0) is 0 Å². The normalized spacial score (nSPS) is 15.0. The number of carbonyl (C=O) groups is 1. The molecule has 0 amide bonds. The number of nitrogens with zero attached hydrogens (tertiary/aromatic N) is 4. The quantitative estimate of drug-likeness (QED) is 0.823. The van der Waals surface area contributed by atoms with Gasteiger partial charge in [0, 0.05) is 44.8 Å². The van der Waals surface area contributed by atoms with Gasteiger partial charge in [-0.05, 0) is 0 Å². The molecule has 0 unspecified atom stereocenters. The van der Waals surface area contributed by atoms with Crippen LogP contribution < -0.4 is 15.6 Å². The maximum atomic E-state index is 12.2. The summed E-state index contributed by atoms with van der Waals surface area (Å²) in [5.41, 5.74) is -0.563. The minimum atomic E-state index is -1.28. The van der Waals surface area contributed by atoms with E-state index in [1.165, 1.54) is 23.2 Å². The summed E-state index contributed by atoms with van der Waals surface area (Å²) in [5, 5.41) is 12.5. The van der Waals surface area contributed by atoms with Crippen molar-refractivity contribution in [2.45, 2.75) is 0 Å². The lowest BCUT2D eigenvalue weighted by Gasteiger charge is -2.27. The Morgan fingerprint density at radius 1 is 1.41 bits per heavy atom. The highest BCUT2D eigenvalue weighted by Gasteiger charge is 2.18. The van der Waals surface area contributed by atoms with Crippen LogP contribution >= 0.6 is 0 Å². The van der Waals surface area contributed by atoms with Crippen molar-refractivity contribution in [2.24, 2.45) is 0 Å². The molecule has 2 aromatic rings. The summed E-state index contributed by atoms with van der Waals surface area (Å²) in [4.78, 5) is 34.0. The third kappa shape index (κ3) is 2.33. The summed E-state index contributed by atoms with van der Waals surface area (Å²) in [5.74, 6) is -0.763. The van der Waals surface area contributed by atoms with Crippen molar-refractivity contribution in [1.29, 1.82) is 0 Å². The van der Waals surface area contributed by atoms with Gasteiger partial charge in [-0.1, -0.05) is 6.58 Å². The fraction of sp³-hybridized carbons (Fsp3) is 0.286. The SMILES string of the molecule is C=Cn1cc(C(=O)O)c(=O)c2cnc(N3CCNCC3)nc21. The molecule has 2 N–H and O–H groups in total. The van der Waals surface area contributed by atoms with Gasteiger partial charge in [-0.2, -0.15) is 4.98 Å². The molecule has 22 heavy (non-hydrogen) atoms. The van der Waals surface area contributed by atoms with Crippen LogP contribution in [0, 0.1) is 0 Å². The second-order valence-electron chi connectivity index (χ2n) is 4.91. The van der Waals surface area contributed by atoms with Gasteiger partial charge in [0.2, 0.25) is 11.4 Å². The van der Waals surface area contributed by atoms with Crippen molar-refractivity contribution in [1.82, 2.24) is 19.9 Å². The van der Waals surface area contributed by atoms with E-state index in [9.17, 15) is 9.59 Å². The molecular formula is C14H15N5O3. The molecule has 114 valence electrons. The Morgan fingerprint density at radius 2 is 2.14 bits per heavy atom. The van der Waals surface area contributed by atoms with Gasteiger partial charge in [-0.25, -0.2) is 9.78 Å². The average Bonchev–Trinajstić information content (AvgIpc) is 2.55. The highest BCUT2D eigenvalue weighted by molar-refractivity contribution is 5.92. The number of aromatic carboxylic acids is 1. The second-order valence-corrected chi connectivity index (χ2v) is 4.91. The first kappa shape index (κ1) is 14.2. The predicted octanol–water partition coefficient (Wildman–Crippen LogP) is -0.000200. The van der Waals surface area contributed by atoms with E-state index in [0.29, 0.717) is 11.6 Å². The van der Waals surface area contributed by atoms with E-state index < -0.39 is 11.4 Å². The van der Waals surface area contributed by atoms with Crippen molar-refractivity contribution >= 4 is 29.2 Å². The standard InChI is InChI=1S/C14H15N5O3/c1-2-18-8-10(13(21)22)11(20)9-7-16-14(17-12(9)18)19-5-3-15-4-6-19/h2,7-8,15H,1,3-6H2,(H,21,22). The molecule has 1 aliphatic heterocycles. The van der Waals surface area contributed by atoms with Crippen molar-refractivity contribution in [2.75, 3.05) is 31.1 Å². The Morgan fingerprint density at radius 3 is 2.77 bits per heavy atom. The van der Waals surface area contributed by atoms with Crippen LogP contribution in [0.1, 0.15) is 10.4 Å². The first-order chi connectivity index (χ1) is 10.6. The van der Waals surface area contributed by atoms with E-state index in [1.54, 1.807) is 0 Å². The summed E-state index contributed by atoms with van der Waals surface area (Å²) in [7, 11) is 0. The lowest BCUT2D eigenvalue weighted by Crippen LogP contribution is -2.44. The van der Waals surface area contributed by atoms with E-state index >= 15 is 0 Å². The van der Waals surface area contributed by atoms with Crippen LogP contribution in [0.4, 0.5) is 5.95 Å². The summed E-state index contributed by atoms with van der Waals surface area (Å²) < 4.78 is 1.44. The average molecular weight is 301 g/mol. The third-order valence-electron chi connectivity index (χ3n) is 3.58. The number of anilines is 1. The molecule has 8 heteroatoms. The Hall–Kier alpha value is -2.74.